The average molecular weight is 313 g/mol. The number of halogens is 2. The van der Waals surface area contributed by atoms with E-state index in [1.807, 2.05) is 30.3 Å². The second kappa shape index (κ2) is 6.85. The van der Waals surface area contributed by atoms with E-state index in [0.29, 0.717) is 14.9 Å². The van der Waals surface area contributed by atoms with Crippen molar-refractivity contribution < 1.29 is 9.53 Å². The Morgan fingerprint density at radius 3 is 2.32 bits per heavy atom. The predicted octanol–water partition coefficient (Wildman–Crippen LogP) is 5.42. The molecule has 2 rings (SSSR count). The van der Waals surface area contributed by atoms with Crippen molar-refractivity contribution >= 4 is 40.3 Å². The van der Waals surface area contributed by atoms with Gasteiger partial charge in [-0.05, 0) is 35.5 Å². The third-order valence-corrected chi connectivity index (χ3v) is 3.43. The minimum Gasteiger partial charge on any atom is -0.452 e. The summed E-state index contributed by atoms with van der Waals surface area (Å²) in [5.74, 6) is 0. The number of benzene rings is 2. The molecule has 0 saturated carbocycles. The van der Waals surface area contributed by atoms with Crippen molar-refractivity contribution in [3.05, 3.63) is 64.1 Å². The number of rotatable bonds is 3. The zero-order valence-electron chi connectivity index (χ0n) is 9.81. The molecule has 0 unspecified atom stereocenters. The minimum atomic E-state index is -0.387. The van der Waals surface area contributed by atoms with Gasteiger partial charge in [-0.15, -0.1) is 0 Å². The maximum Gasteiger partial charge on any atom is 0.372 e. The van der Waals surface area contributed by atoms with Gasteiger partial charge < -0.3 is 4.74 Å². The number of ether oxygens (including phenoxy) is 1. The Kier molecular flexibility index (Phi) is 5.14. The quantitative estimate of drug-likeness (QED) is 0.559. The molecular formula is C14H10Cl2O2S. The highest BCUT2D eigenvalue weighted by Crippen LogP contribution is 2.27. The summed E-state index contributed by atoms with van der Waals surface area (Å²) in [4.78, 5) is 12.3. The van der Waals surface area contributed by atoms with Gasteiger partial charge in [-0.2, -0.15) is 0 Å². The monoisotopic (exact) mass is 312 g/mol. The first-order valence-electron chi connectivity index (χ1n) is 5.48. The van der Waals surface area contributed by atoms with Gasteiger partial charge >= 0.3 is 5.30 Å². The van der Waals surface area contributed by atoms with Gasteiger partial charge in [0.2, 0.25) is 0 Å². The first-order valence-corrected chi connectivity index (χ1v) is 7.05. The van der Waals surface area contributed by atoms with Crippen LogP contribution in [0.2, 0.25) is 10.0 Å². The lowest BCUT2D eigenvalue weighted by Crippen LogP contribution is -1.97. The van der Waals surface area contributed by atoms with Crippen molar-refractivity contribution in [3.63, 3.8) is 0 Å². The molecule has 0 N–H and O–H groups in total. The molecule has 0 aliphatic carbocycles. The molecule has 0 amide bonds. The van der Waals surface area contributed by atoms with E-state index in [2.05, 4.69) is 0 Å². The first-order chi connectivity index (χ1) is 9.13. The summed E-state index contributed by atoms with van der Waals surface area (Å²) in [6, 6.07) is 14.4. The van der Waals surface area contributed by atoms with Crippen LogP contribution < -0.4 is 0 Å². The second-order valence-electron chi connectivity index (χ2n) is 3.73. The summed E-state index contributed by atoms with van der Waals surface area (Å²) in [7, 11) is 0. The van der Waals surface area contributed by atoms with Crippen molar-refractivity contribution in [2.45, 2.75) is 11.5 Å². The van der Waals surface area contributed by atoms with Gasteiger partial charge in [0.15, 0.2) is 0 Å². The van der Waals surface area contributed by atoms with E-state index in [1.54, 1.807) is 18.2 Å². The van der Waals surface area contributed by atoms with Gasteiger partial charge in [-0.1, -0.05) is 53.5 Å². The third-order valence-electron chi connectivity index (χ3n) is 2.24. The molecule has 2 nitrogen and oxygen atoms in total. The average Bonchev–Trinajstić information content (AvgIpc) is 2.36. The van der Waals surface area contributed by atoms with Gasteiger partial charge in [0, 0.05) is 14.9 Å². The fourth-order valence-electron chi connectivity index (χ4n) is 1.43. The largest absolute Gasteiger partial charge is 0.452 e. The molecule has 0 fully saturated rings. The highest BCUT2D eigenvalue weighted by Gasteiger charge is 2.08. The first kappa shape index (κ1) is 14.3. The van der Waals surface area contributed by atoms with Crippen LogP contribution in [0.25, 0.3) is 0 Å². The van der Waals surface area contributed by atoms with Crippen LogP contribution in [0.3, 0.4) is 0 Å². The van der Waals surface area contributed by atoms with Gasteiger partial charge in [0.25, 0.3) is 0 Å². The lowest BCUT2D eigenvalue weighted by atomic mass is 10.2. The van der Waals surface area contributed by atoms with Crippen molar-refractivity contribution in [2.75, 3.05) is 0 Å². The van der Waals surface area contributed by atoms with E-state index in [1.165, 1.54) is 0 Å². The normalized spacial score (nSPS) is 10.2. The van der Waals surface area contributed by atoms with E-state index >= 15 is 0 Å². The van der Waals surface area contributed by atoms with Crippen LogP contribution in [0.5, 0.6) is 0 Å². The Hall–Kier alpha value is -1.16. The predicted molar refractivity (Wildman–Crippen MR) is 78.9 cm³/mol. The summed E-state index contributed by atoms with van der Waals surface area (Å²) < 4.78 is 5.15. The molecule has 0 bridgehead atoms. The van der Waals surface area contributed by atoms with Gasteiger partial charge in [-0.25, -0.2) is 4.79 Å². The Balaban J connectivity index is 1.91. The van der Waals surface area contributed by atoms with Crippen LogP contribution in [0, 0.1) is 0 Å². The van der Waals surface area contributed by atoms with Crippen molar-refractivity contribution in [2.24, 2.45) is 0 Å². The van der Waals surface area contributed by atoms with Gasteiger partial charge in [0.1, 0.15) is 6.61 Å². The lowest BCUT2D eigenvalue weighted by Gasteiger charge is -2.05. The number of hydrogen-bond donors (Lipinski definition) is 0. The smallest absolute Gasteiger partial charge is 0.372 e. The van der Waals surface area contributed by atoms with Crippen molar-refractivity contribution in [1.82, 2.24) is 0 Å². The zero-order valence-corrected chi connectivity index (χ0v) is 12.1. The van der Waals surface area contributed by atoms with Crippen molar-refractivity contribution in [1.29, 1.82) is 0 Å². The zero-order chi connectivity index (χ0) is 13.7. The summed E-state index contributed by atoms with van der Waals surface area (Å²) in [6.07, 6.45) is 0. The minimum absolute atomic E-state index is 0.251. The maximum atomic E-state index is 11.7. The van der Waals surface area contributed by atoms with Crippen LogP contribution in [-0.2, 0) is 11.3 Å². The van der Waals surface area contributed by atoms with Crippen LogP contribution in [0.4, 0.5) is 4.79 Å². The SMILES string of the molecule is O=C(OCc1ccccc1)Sc1cc(Cl)cc(Cl)c1. The second-order valence-corrected chi connectivity index (χ2v) is 5.61. The maximum absolute atomic E-state index is 11.7. The number of carbonyl (C=O) groups excluding carboxylic acids is 1. The summed E-state index contributed by atoms with van der Waals surface area (Å²) in [6.45, 7) is 0.251. The molecular weight excluding hydrogens is 303 g/mol. The Morgan fingerprint density at radius 2 is 1.68 bits per heavy atom. The molecule has 5 heteroatoms. The number of hydrogen-bond acceptors (Lipinski definition) is 3. The highest BCUT2D eigenvalue weighted by atomic mass is 35.5. The topological polar surface area (TPSA) is 26.3 Å². The number of carbonyl (C=O) groups is 1. The van der Waals surface area contributed by atoms with E-state index in [4.69, 9.17) is 27.9 Å². The van der Waals surface area contributed by atoms with E-state index in [-0.39, 0.29) is 11.9 Å². The van der Waals surface area contributed by atoms with Crippen molar-refractivity contribution in [3.8, 4) is 0 Å². The van der Waals surface area contributed by atoms with Crippen LogP contribution in [-0.4, -0.2) is 5.30 Å². The van der Waals surface area contributed by atoms with E-state index in [9.17, 15) is 4.79 Å². The molecule has 19 heavy (non-hydrogen) atoms. The van der Waals surface area contributed by atoms with E-state index < -0.39 is 0 Å². The molecule has 0 aliphatic rings. The van der Waals surface area contributed by atoms with Gasteiger partial charge in [0.05, 0.1) is 0 Å². The standard InChI is InChI=1S/C14H10Cl2O2S/c15-11-6-12(16)8-13(7-11)19-14(17)18-9-10-4-2-1-3-5-10/h1-8H,9H2. The molecule has 0 aliphatic heterocycles. The van der Waals surface area contributed by atoms with Gasteiger partial charge in [-0.3, -0.25) is 0 Å². The molecule has 0 aromatic heterocycles. The van der Waals surface area contributed by atoms with E-state index in [0.717, 1.165) is 17.3 Å². The molecule has 0 atom stereocenters. The van der Waals surface area contributed by atoms with Crippen LogP contribution in [0.15, 0.2) is 53.4 Å². The molecule has 98 valence electrons. The van der Waals surface area contributed by atoms with Crippen LogP contribution >= 0.6 is 35.0 Å². The van der Waals surface area contributed by atoms with Crippen LogP contribution in [0.1, 0.15) is 5.56 Å². The molecule has 2 aromatic rings. The fourth-order valence-corrected chi connectivity index (χ4v) is 2.77. The molecule has 0 radical (unpaired) electrons. The lowest BCUT2D eigenvalue weighted by molar-refractivity contribution is 0.168. The third kappa shape index (κ3) is 4.78. The fraction of sp³-hybridized carbons (Fsp3) is 0.0714. The summed E-state index contributed by atoms with van der Waals surface area (Å²) >= 11 is 12.7. The molecule has 2 aromatic carbocycles. The molecule has 0 saturated heterocycles. The molecule has 0 spiro atoms. The molecule has 0 heterocycles. The Bertz CT molecular complexity index is 553. The summed E-state index contributed by atoms with van der Waals surface area (Å²) in [5, 5.41) is 0.596. The summed E-state index contributed by atoms with van der Waals surface area (Å²) in [5.41, 5.74) is 0.945. The Labute approximate surface area is 125 Å². The highest BCUT2D eigenvalue weighted by molar-refractivity contribution is 8.13. The Morgan fingerprint density at radius 1 is 1.05 bits per heavy atom. The number of thioether (sulfide) groups is 1.